The molecule has 4 aromatic heterocycles. The van der Waals surface area contributed by atoms with Gasteiger partial charge in [-0.25, -0.2) is 4.79 Å². The fourth-order valence-corrected chi connectivity index (χ4v) is 5.27. The summed E-state index contributed by atoms with van der Waals surface area (Å²) in [4.78, 5) is 77.0. The number of aromatic nitrogens is 4. The van der Waals surface area contributed by atoms with Gasteiger partial charge >= 0.3 is 52.0 Å². The number of carboxylic acid groups (broad SMARTS) is 2. The maximum Gasteiger partial charge on any atom is 1.00 e. The molecule has 31 heteroatoms. The van der Waals surface area contributed by atoms with Crippen molar-refractivity contribution in [1.29, 1.82) is 0 Å². The normalized spacial score (nSPS) is 11.9. The van der Waals surface area contributed by atoms with Crippen molar-refractivity contribution < 1.29 is 124 Å². The van der Waals surface area contributed by atoms with Gasteiger partial charge < -0.3 is 100 Å². The monoisotopic (exact) mass is 1290 g/mol. The molecule has 4 aromatic rings. The van der Waals surface area contributed by atoms with E-state index >= 15 is 0 Å². The van der Waals surface area contributed by atoms with E-state index in [4.69, 9.17) is 52.3 Å². The molecule has 0 radical (unpaired) electrons. The summed E-state index contributed by atoms with van der Waals surface area (Å²) in [6, 6.07) is 23.4. The standard InChI is InChI=1S/C17H23N3O.C16H20N4O.C6H10O4.C4H8N2O3.C4H12N2O.C4H6O5.C2H6O2.2Cu.H2O/c21-17(9-5-8-15-6-1-3-11-19-15)10-13-18-14-16-7-2-4-12-20-16;21-16(13-18-12-15-6-2-4-9-20-15)7-10-17-11-14-5-1-3-8-19-14;1-4(7)5(8)3-6(9)10-2;5-3(8)1-2(7)4(6)9;5-2-1-4(7)3-6;5-2(4(8)9)1-3(6)7;1-2(3)4;;;/h1-4,6-7,11-12,17-18,21H,5,8-10,13-14H2;1-6,8-9,16,21H,7,10-13H2;5,8H,3H2,1-2H3;2,7H,1H2,(H2,5,8)(H2,6,9);4,7H,1-3,5-6H2;2,5H,1H2,(H,6,7)(H,8,9);2-4H,1H3;;;1H2/q;-2;;;;;;2*+1;. The molecule has 2 amide bonds. The van der Waals surface area contributed by atoms with Crippen LogP contribution in [0.25, 0.3) is 10.6 Å². The van der Waals surface area contributed by atoms with Crippen molar-refractivity contribution in [3.63, 3.8) is 0 Å². The van der Waals surface area contributed by atoms with Crippen molar-refractivity contribution in [2.75, 3.05) is 39.8 Å². The van der Waals surface area contributed by atoms with Crippen LogP contribution in [-0.2, 0) is 93.7 Å². The SMILES string of the molecule is CC(O)O.COC(=O)CC(O)C(C)=O.NC(=O)CC(O)C(N)=O.NCCC(O)CN.O.O=C(O)CC(O)C(=O)O.OC(CCCc1ccccn1)CCNCc1ccccn1.OC(CC[N-]Cc1ccccn1)C[N-]Cc1ccccn1.[Cu+].[Cu+]. The smallest absolute Gasteiger partial charge is 0.657 e. The summed E-state index contributed by atoms with van der Waals surface area (Å²) in [6.45, 7) is 7.07. The van der Waals surface area contributed by atoms with E-state index in [2.05, 4.69) is 52.1 Å². The predicted molar refractivity (Wildman–Crippen MR) is 301 cm³/mol. The van der Waals surface area contributed by atoms with Crippen LogP contribution in [-0.4, -0.2) is 195 Å². The van der Waals surface area contributed by atoms with Crippen LogP contribution >= 0.6 is 0 Å². The Morgan fingerprint density at radius 1 is 0.607 bits per heavy atom. The molecule has 6 unspecified atom stereocenters. The first-order valence-electron chi connectivity index (χ1n) is 25.4. The van der Waals surface area contributed by atoms with Gasteiger partial charge in [-0.1, -0.05) is 24.3 Å². The van der Waals surface area contributed by atoms with Crippen LogP contribution in [0, 0.1) is 0 Å². The molecular formula is C53H87Cu2N11O18. The van der Waals surface area contributed by atoms with E-state index in [0.717, 1.165) is 61.5 Å². The van der Waals surface area contributed by atoms with E-state index in [1.54, 1.807) is 18.6 Å². The summed E-state index contributed by atoms with van der Waals surface area (Å²) in [6.07, 6.45) is 3.72. The second kappa shape index (κ2) is 60.2. The summed E-state index contributed by atoms with van der Waals surface area (Å²) in [5.74, 6) is -5.54. The van der Waals surface area contributed by atoms with Gasteiger partial charge in [0.25, 0.3) is 0 Å². The summed E-state index contributed by atoms with van der Waals surface area (Å²) in [7, 11) is 1.20. The third-order valence-electron chi connectivity index (χ3n) is 9.55. The zero-order valence-corrected chi connectivity index (χ0v) is 49.1. The van der Waals surface area contributed by atoms with Crippen LogP contribution < -0.4 is 28.3 Å². The van der Waals surface area contributed by atoms with E-state index in [0.29, 0.717) is 52.1 Å². The number of nitrogens with two attached hydrogens (primary N) is 4. The number of aliphatic hydroxyl groups excluding tert-OH is 7. The van der Waals surface area contributed by atoms with Crippen LogP contribution in [0.5, 0.6) is 0 Å². The van der Waals surface area contributed by atoms with Crippen molar-refractivity contribution >= 4 is 35.5 Å². The first kappa shape index (κ1) is 89.3. The maximum absolute atomic E-state index is 10.4. The quantitative estimate of drug-likeness (QED) is 0.0119. The molecule has 0 aliphatic carbocycles. The number of carbonyl (C=O) groups is 6. The molecule has 4 heterocycles. The summed E-state index contributed by atoms with van der Waals surface area (Å²) in [5, 5.41) is 97.1. The number of amides is 2. The number of esters is 1. The molecule has 29 nitrogen and oxygen atoms in total. The van der Waals surface area contributed by atoms with E-state index in [1.807, 2.05) is 79.0 Å². The minimum absolute atomic E-state index is 0. The maximum atomic E-state index is 10.4. The average Bonchev–Trinajstić information content (AvgIpc) is 3.44. The second-order valence-corrected chi connectivity index (χ2v) is 17.0. The first-order chi connectivity index (χ1) is 38.4. The number of nitrogens with one attached hydrogen (secondary N) is 1. The van der Waals surface area contributed by atoms with Gasteiger partial charge in [-0.2, -0.15) is 0 Å². The van der Waals surface area contributed by atoms with E-state index < -0.39 is 85.2 Å². The van der Waals surface area contributed by atoms with Gasteiger partial charge in [0.05, 0.1) is 44.3 Å². The number of Topliss-reactive ketones (excluding diaryl/α,β-unsaturated/α-hetero) is 1. The number of aryl methyl sites for hydroxylation is 1. The number of primary amides is 2. The number of rotatable bonds is 30. The molecule has 0 saturated heterocycles. The van der Waals surface area contributed by atoms with Gasteiger partial charge in [0.1, 0.15) is 18.5 Å². The minimum Gasteiger partial charge on any atom is -0.657 e. The molecule has 0 saturated carbocycles. The molecule has 0 aliphatic heterocycles. The Morgan fingerprint density at radius 2 is 1.08 bits per heavy atom. The molecule has 0 spiro atoms. The Balaban J connectivity index is -0.000000224. The molecule has 0 fully saturated rings. The van der Waals surface area contributed by atoms with Crippen LogP contribution in [0.1, 0.15) is 88.0 Å². The molecular weight excluding hydrogens is 1210 g/mol. The van der Waals surface area contributed by atoms with Crippen LogP contribution in [0.3, 0.4) is 0 Å². The number of ether oxygens (including phenoxy) is 1. The molecule has 0 bridgehead atoms. The zero-order chi connectivity index (χ0) is 61.8. The second-order valence-electron chi connectivity index (χ2n) is 17.0. The van der Waals surface area contributed by atoms with Crippen LogP contribution in [0.4, 0.5) is 0 Å². The molecule has 484 valence electrons. The summed E-state index contributed by atoms with van der Waals surface area (Å²) in [5.41, 5.74) is 23.4. The van der Waals surface area contributed by atoms with E-state index in [9.17, 15) is 39.0 Å². The van der Waals surface area contributed by atoms with Gasteiger partial charge in [-0.05, 0) is 114 Å². The molecule has 84 heavy (non-hydrogen) atoms. The minimum atomic E-state index is -1.79. The van der Waals surface area contributed by atoms with E-state index in [-0.39, 0.29) is 52.1 Å². The van der Waals surface area contributed by atoms with Crippen molar-refractivity contribution in [1.82, 2.24) is 25.3 Å². The van der Waals surface area contributed by atoms with Crippen molar-refractivity contribution in [3.05, 3.63) is 131 Å². The van der Waals surface area contributed by atoms with Crippen LogP contribution in [0.2, 0.25) is 0 Å². The fraction of sp³-hybridized carbons (Fsp3) is 0.509. The Kier molecular flexibility index (Phi) is 64.0. The number of ketones is 1. The third kappa shape index (κ3) is 62.2. The Hall–Kier alpha value is -5.90. The summed E-state index contributed by atoms with van der Waals surface area (Å²) < 4.78 is 4.22. The number of carboxylic acids is 2. The molecule has 0 aromatic carbocycles. The Morgan fingerprint density at radius 3 is 1.44 bits per heavy atom. The number of carbonyl (C=O) groups excluding carboxylic acids is 4. The topological polar surface area (TPSA) is 541 Å². The average molecular weight is 1290 g/mol. The number of hydrogen-bond donors (Lipinski definition) is 15. The number of hydrogen-bond acceptors (Lipinski definition) is 22. The fourth-order valence-electron chi connectivity index (χ4n) is 5.27. The number of aliphatic carboxylic acids is 2. The molecule has 6 atom stereocenters. The van der Waals surface area contributed by atoms with Gasteiger partial charge in [0.15, 0.2) is 11.9 Å². The molecule has 0 aliphatic rings. The Bertz CT molecular complexity index is 2070. The molecule has 4 rings (SSSR count). The van der Waals surface area contributed by atoms with Crippen molar-refractivity contribution in [3.8, 4) is 0 Å². The van der Waals surface area contributed by atoms with Crippen LogP contribution in [0.15, 0.2) is 97.6 Å². The molecule has 21 N–H and O–H groups in total. The number of methoxy groups -OCH3 is 1. The number of aliphatic hydroxyl groups is 8. The number of pyridine rings is 4. The van der Waals surface area contributed by atoms with Gasteiger partial charge in [0.2, 0.25) is 11.8 Å². The predicted octanol–water partition coefficient (Wildman–Crippen LogP) is -1.73. The van der Waals surface area contributed by atoms with Gasteiger partial charge in [-0.3, -0.25) is 43.9 Å². The van der Waals surface area contributed by atoms with E-state index in [1.165, 1.54) is 21.0 Å². The van der Waals surface area contributed by atoms with Crippen molar-refractivity contribution in [2.24, 2.45) is 22.9 Å². The van der Waals surface area contributed by atoms with Gasteiger partial charge in [0, 0.05) is 61.1 Å². The Labute approximate surface area is 510 Å². The largest absolute Gasteiger partial charge is 1.00 e. The first-order valence-corrected chi connectivity index (χ1v) is 25.4. The number of nitrogens with zero attached hydrogens (tertiary/aromatic N) is 6. The third-order valence-corrected chi connectivity index (χ3v) is 9.55. The zero-order valence-electron chi connectivity index (χ0n) is 47.2. The van der Waals surface area contributed by atoms with Crippen molar-refractivity contribution in [2.45, 2.75) is 134 Å². The van der Waals surface area contributed by atoms with Gasteiger partial charge in [-0.15, -0.1) is 26.2 Å². The summed E-state index contributed by atoms with van der Waals surface area (Å²) >= 11 is 0.